The van der Waals surface area contributed by atoms with Crippen LogP contribution in [0.5, 0.6) is 5.75 Å². The number of nitrogens with one attached hydrogen (secondary N) is 1. The summed E-state index contributed by atoms with van der Waals surface area (Å²) >= 11 is 0. The molecule has 3 aromatic rings. The van der Waals surface area contributed by atoms with Crippen LogP contribution in [0.2, 0.25) is 0 Å². The van der Waals surface area contributed by atoms with E-state index in [-0.39, 0.29) is 23.7 Å². The van der Waals surface area contributed by atoms with Crippen molar-refractivity contribution in [2.75, 3.05) is 0 Å². The van der Waals surface area contributed by atoms with Gasteiger partial charge in [-0.2, -0.15) is 13.2 Å². The van der Waals surface area contributed by atoms with Crippen LogP contribution in [0.4, 0.5) is 18.9 Å². The number of imidazole rings is 1. The average Bonchev–Trinajstić information content (AvgIpc) is 3.23. The maximum Gasteiger partial charge on any atom is 0.432 e. The number of halogens is 3. The Morgan fingerprint density at radius 2 is 2.12 bits per heavy atom. The number of benzene rings is 1. The lowest BCUT2D eigenvalue weighted by atomic mass is 10.2. The topological polar surface area (TPSA) is 94.2 Å². The molecule has 25 heavy (non-hydrogen) atoms. The van der Waals surface area contributed by atoms with Gasteiger partial charge in [-0.25, -0.2) is 4.98 Å². The number of alkyl halides is 3. The fraction of sp³-hybridized carbons (Fsp3) is 0.133. The zero-order valence-electron chi connectivity index (χ0n) is 12.4. The fourth-order valence-electron chi connectivity index (χ4n) is 2.08. The third kappa shape index (κ3) is 3.62. The number of nitro benzene ring substituents is 1. The quantitative estimate of drug-likeness (QED) is 0.549. The van der Waals surface area contributed by atoms with Crippen LogP contribution in [-0.2, 0) is 12.8 Å². The van der Waals surface area contributed by atoms with Crippen LogP contribution in [0.25, 0.3) is 11.4 Å². The highest BCUT2D eigenvalue weighted by Crippen LogP contribution is 2.34. The number of ether oxygens (including phenoxy) is 1. The van der Waals surface area contributed by atoms with Gasteiger partial charge in [-0.3, -0.25) is 10.1 Å². The molecule has 0 aliphatic rings. The zero-order valence-corrected chi connectivity index (χ0v) is 12.4. The van der Waals surface area contributed by atoms with E-state index < -0.39 is 22.5 Å². The molecule has 0 fully saturated rings. The minimum atomic E-state index is -4.58. The number of nitro groups is 1. The second kappa shape index (κ2) is 6.30. The molecule has 3 rings (SSSR count). The molecule has 0 aliphatic carbocycles. The normalized spacial score (nSPS) is 11.5. The van der Waals surface area contributed by atoms with Gasteiger partial charge < -0.3 is 14.1 Å². The molecule has 0 saturated carbocycles. The number of furan rings is 1. The smallest absolute Gasteiger partial charge is 0.432 e. The summed E-state index contributed by atoms with van der Waals surface area (Å²) in [7, 11) is 0. The lowest BCUT2D eigenvalue weighted by Crippen LogP contribution is -2.04. The van der Waals surface area contributed by atoms with Crippen molar-refractivity contribution in [2.24, 2.45) is 0 Å². The highest BCUT2D eigenvalue weighted by molar-refractivity contribution is 5.63. The predicted octanol–water partition coefficient (Wildman–Crippen LogP) is 4.18. The van der Waals surface area contributed by atoms with E-state index in [2.05, 4.69) is 9.97 Å². The van der Waals surface area contributed by atoms with Crippen LogP contribution in [-0.4, -0.2) is 14.9 Å². The van der Waals surface area contributed by atoms with Crippen molar-refractivity contribution >= 4 is 5.69 Å². The maximum atomic E-state index is 12.6. The Hall–Kier alpha value is -3.30. The molecule has 7 nitrogen and oxygen atoms in total. The largest absolute Gasteiger partial charge is 0.479 e. The van der Waals surface area contributed by atoms with Gasteiger partial charge in [-0.1, -0.05) is 0 Å². The number of aromatic nitrogens is 2. The van der Waals surface area contributed by atoms with Crippen LogP contribution >= 0.6 is 0 Å². The van der Waals surface area contributed by atoms with E-state index in [4.69, 9.17) is 9.15 Å². The second-order valence-electron chi connectivity index (χ2n) is 4.95. The van der Waals surface area contributed by atoms with E-state index in [1.807, 2.05) is 0 Å². The van der Waals surface area contributed by atoms with Gasteiger partial charge in [-0.05, 0) is 24.3 Å². The lowest BCUT2D eigenvalue weighted by Gasteiger charge is -2.06. The molecule has 10 heteroatoms. The Balaban J connectivity index is 1.88. The molecule has 0 unspecified atom stereocenters. The highest BCUT2D eigenvalue weighted by atomic mass is 19.4. The number of H-pyrrole nitrogens is 1. The van der Waals surface area contributed by atoms with Crippen molar-refractivity contribution in [3.05, 3.63) is 64.4 Å². The Bertz CT molecular complexity index is 888. The van der Waals surface area contributed by atoms with Crippen molar-refractivity contribution < 1.29 is 27.2 Å². The molecule has 0 aliphatic heterocycles. The van der Waals surface area contributed by atoms with E-state index in [0.29, 0.717) is 12.0 Å². The van der Waals surface area contributed by atoms with E-state index in [9.17, 15) is 23.3 Å². The SMILES string of the molecule is O=[N+]([O-])c1cc(-c2ncc(C(F)(F)F)[nH]2)ccc1OCc1ccco1. The number of rotatable bonds is 5. The van der Waals surface area contributed by atoms with Crippen LogP contribution in [0.15, 0.2) is 47.2 Å². The van der Waals surface area contributed by atoms with E-state index in [1.54, 1.807) is 12.1 Å². The van der Waals surface area contributed by atoms with Crippen molar-refractivity contribution in [3.8, 4) is 17.1 Å². The summed E-state index contributed by atoms with van der Waals surface area (Å²) in [5, 5.41) is 11.2. The standard InChI is InChI=1S/C15H10F3N3O4/c16-15(17,18)13-7-19-14(20-13)9-3-4-12(11(6-9)21(22)23)25-8-10-2-1-5-24-10/h1-7H,8H2,(H,19,20). The molecule has 130 valence electrons. The summed E-state index contributed by atoms with van der Waals surface area (Å²) in [5.74, 6) is 0.306. The van der Waals surface area contributed by atoms with Crippen molar-refractivity contribution in [1.82, 2.24) is 9.97 Å². The van der Waals surface area contributed by atoms with Crippen LogP contribution < -0.4 is 4.74 Å². The maximum absolute atomic E-state index is 12.6. The molecular formula is C15H10F3N3O4. The van der Waals surface area contributed by atoms with Gasteiger partial charge in [0.1, 0.15) is 23.9 Å². The predicted molar refractivity (Wildman–Crippen MR) is 78.7 cm³/mol. The van der Waals surface area contributed by atoms with Gasteiger partial charge in [0.05, 0.1) is 17.4 Å². The molecule has 1 aromatic carbocycles. The molecule has 1 N–H and O–H groups in total. The van der Waals surface area contributed by atoms with E-state index in [1.165, 1.54) is 18.4 Å². The van der Waals surface area contributed by atoms with Crippen molar-refractivity contribution in [3.63, 3.8) is 0 Å². The van der Waals surface area contributed by atoms with Gasteiger partial charge in [0.2, 0.25) is 0 Å². The molecule has 2 aromatic heterocycles. The Morgan fingerprint density at radius 1 is 1.32 bits per heavy atom. The van der Waals surface area contributed by atoms with E-state index in [0.717, 1.165) is 6.07 Å². The van der Waals surface area contributed by atoms with Crippen LogP contribution in [0, 0.1) is 10.1 Å². The van der Waals surface area contributed by atoms with Crippen molar-refractivity contribution in [2.45, 2.75) is 12.8 Å². The number of nitrogens with zero attached hydrogens (tertiary/aromatic N) is 2. The second-order valence-corrected chi connectivity index (χ2v) is 4.95. The lowest BCUT2D eigenvalue weighted by molar-refractivity contribution is -0.385. The van der Waals surface area contributed by atoms with Crippen LogP contribution in [0.3, 0.4) is 0 Å². The van der Waals surface area contributed by atoms with Gasteiger partial charge in [0, 0.05) is 11.6 Å². The third-order valence-electron chi connectivity index (χ3n) is 3.26. The van der Waals surface area contributed by atoms with Gasteiger partial charge in [-0.15, -0.1) is 0 Å². The monoisotopic (exact) mass is 353 g/mol. The third-order valence-corrected chi connectivity index (χ3v) is 3.26. The Kier molecular flexibility index (Phi) is 4.17. The molecule has 0 spiro atoms. The van der Waals surface area contributed by atoms with Crippen molar-refractivity contribution in [1.29, 1.82) is 0 Å². The summed E-state index contributed by atoms with van der Waals surface area (Å²) < 4.78 is 48.3. The minimum Gasteiger partial charge on any atom is -0.479 e. The number of aromatic amines is 1. The highest BCUT2D eigenvalue weighted by Gasteiger charge is 2.33. The molecule has 0 saturated heterocycles. The summed E-state index contributed by atoms with van der Waals surface area (Å²) in [6.45, 7) is -0.0217. The first-order valence-electron chi connectivity index (χ1n) is 6.91. The first-order valence-corrected chi connectivity index (χ1v) is 6.91. The average molecular weight is 353 g/mol. The minimum absolute atomic E-state index is 0.0217. The molecule has 0 amide bonds. The van der Waals surface area contributed by atoms with Gasteiger partial charge in [0.15, 0.2) is 5.75 Å². The summed E-state index contributed by atoms with van der Waals surface area (Å²) in [4.78, 5) is 16.2. The summed E-state index contributed by atoms with van der Waals surface area (Å²) in [6.07, 6.45) is -2.52. The Morgan fingerprint density at radius 3 is 2.72 bits per heavy atom. The molecule has 0 atom stereocenters. The summed E-state index contributed by atoms with van der Waals surface area (Å²) in [5.41, 5.74) is -1.30. The van der Waals surface area contributed by atoms with Gasteiger partial charge in [0.25, 0.3) is 0 Å². The first-order chi connectivity index (χ1) is 11.8. The number of hydrogen-bond donors (Lipinski definition) is 1. The molecular weight excluding hydrogens is 343 g/mol. The molecule has 0 bridgehead atoms. The molecule has 2 heterocycles. The Labute approximate surface area is 138 Å². The molecule has 0 radical (unpaired) electrons. The fourth-order valence-corrected chi connectivity index (χ4v) is 2.08. The first kappa shape index (κ1) is 16.6. The van der Waals surface area contributed by atoms with Crippen LogP contribution in [0.1, 0.15) is 11.5 Å². The number of hydrogen-bond acceptors (Lipinski definition) is 5. The zero-order chi connectivity index (χ0) is 18.0. The summed E-state index contributed by atoms with van der Waals surface area (Å²) in [6, 6.07) is 7.05. The van der Waals surface area contributed by atoms with E-state index >= 15 is 0 Å². The van der Waals surface area contributed by atoms with Gasteiger partial charge >= 0.3 is 11.9 Å².